The largest absolute Gasteiger partial charge is 0.457 e. The highest BCUT2D eigenvalue weighted by atomic mass is 16.5. The maximum atomic E-state index is 7.13. The molecule has 10 rings (SSSR count). The Balaban J connectivity index is 1.13. The van der Waals surface area contributed by atoms with Gasteiger partial charge in [-0.1, -0.05) is 134 Å². The number of hydrogen-bond donors (Lipinski definition) is 0. The van der Waals surface area contributed by atoms with Crippen LogP contribution >= 0.6 is 0 Å². The van der Waals surface area contributed by atoms with Crippen molar-refractivity contribution in [3.8, 4) is 28.4 Å². The van der Waals surface area contributed by atoms with Gasteiger partial charge in [-0.25, -0.2) is 4.98 Å². The molecule has 1 fully saturated rings. The van der Waals surface area contributed by atoms with Crippen molar-refractivity contribution in [3.63, 3.8) is 0 Å². The molecule has 1 aliphatic carbocycles. The SMILES string of the molecule is CC(C)c1cc(C(C)C)c(-c2cc(Oc3ccc4c5ccccc5n(-c5cc(C6(c7ccccc7)CCCCC6)ccn5)c4c3)cc(N3CN(C)c4ccccc43)c2)c(C(C)C)c1. The second-order valence-corrected chi connectivity index (χ2v) is 19.1. The zero-order valence-electron chi connectivity index (χ0n) is 38.0. The van der Waals surface area contributed by atoms with Crippen LogP contribution in [0.15, 0.2) is 146 Å². The van der Waals surface area contributed by atoms with Gasteiger partial charge in [-0.05, 0) is 124 Å². The number of rotatable bonds is 10. The Hall–Kier alpha value is -6.33. The predicted molar refractivity (Wildman–Crippen MR) is 265 cm³/mol. The summed E-state index contributed by atoms with van der Waals surface area (Å²) >= 11 is 0. The summed E-state index contributed by atoms with van der Waals surface area (Å²) in [5.41, 5.74) is 15.2. The lowest BCUT2D eigenvalue weighted by Gasteiger charge is -2.38. The van der Waals surface area contributed by atoms with Crippen LogP contribution in [-0.2, 0) is 5.41 Å². The second-order valence-electron chi connectivity index (χ2n) is 19.1. The lowest BCUT2D eigenvalue weighted by Crippen LogP contribution is -2.30. The molecule has 63 heavy (non-hydrogen) atoms. The summed E-state index contributed by atoms with van der Waals surface area (Å²) in [6.45, 7) is 14.7. The van der Waals surface area contributed by atoms with Crippen LogP contribution < -0.4 is 14.5 Å². The van der Waals surface area contributed by atoms with Crippen molar-refractivity contribution >= 4 is 38.9 Å². The van der Waals surface area contributed by atoms with Gasteiger partial charge in [0.25, 0.3) is 0 Å². The third-order valence-corrected chi connectivity index (χ3v) is 14.0. The maximum Gasteiger partial charge on any atom is 0.137 e. The second kappa shape index (κ2) is 16.4. The van der Waals surface area contributed by atoms with E-state index in [1.807, 2.05) is 6.20 Å². The number of hydrogen-bond acceptors (Lipinski definition) is 4. The molecular weight excluding hydrogens is 769 g/mol. The molecular formula is C58H60N4O. The van der Waals surface area contributed by atoms with E-state index in [0.717, 1.165) is 53.5 Å². The molecule has 1 aliphatic heterocycles. The summed E-state index contributed by atoms with van der Waals surface area (Å²) < 4.78 is 9.48. The summed E-state index contributed by atoms with van der Waals surface area (Å²) in [4.78, 5) is 9.86. The summed E-state index contributed by atoms with van der Waals surface area (Å²) in [5, 5.41) is 2.38. The lowest BCUT2D eigenvalue weighted by molar-refractivity contribution is 0.345. The average molecular weight is 829 g/mol. The van der Waals surface area contributed by atoms with Gasteiger partial charge in [0.1, 0.15) is 17.3 Å². The van der Waals surface area contributed by atoms with Gasteiger partial charge in [0.05, 0.1) is 29.1 Å². The topological polar surface area (TPSA) is 33.5 Å². The van der Waals surface area contributed by atoms with Crippen molar-refractivity contribution in [2.75, 3.05) is 23.5 Å². The Labute approximate surface area is 374 Å². The summed E-state index contributed by atoms with van der Waals surface area (Å²) in [7, 11) is 2.17. The zero-order valence-corrected chi connectivity index (χ0v) is 38.0. The number of benzene rings is 6. The van der Waals surface area contributed by atoms with Crippen LogP contribution in [0.5, 0.6) is 11.5 Å². The van der Waals surface area contributed by atoms with Crippen LogP contribution in [0.4, 0.5) is 17.1 Å². The Morgan fingerprint density at radius 1 is 0.571 bits per heavy atom. The highest BCUT2D eigenvalue weighted by Gasteiger charge is 2.36. The van der Waals surface area contributed by atoms with Gasteiger partial charge in [-0.2, -0.15) is 0 Å². The van der Waals surface area contributed by atoms with Gasteiger partial charge in [-0.3, -0.25) is 4.57 Å². The molecule has 0 unspecified atom stereocenters. The van der Waals surface area contributed by atoms with E-state index < -0.39 is 0 Å². The molecule has 0 bridgehead atoms. The van der Waals surface area contributed by atoms with E-state index in [2.05, 4.69) is 202 Å². The Morgan fingerprint density at radius 2 is 1.25 bits per heavy atom. The first-order valence-corrected chi connectivity index (χ1v) is 23.2. The molecule has 0 atom stereocenters. The average Bonchev–Trinajstić information content (AvgIpc) is 3.83. The van der Waals surface area contributed by atoms with Gasteiger partial charge >= 0.3 is 0 Å². The molecule has 0 amide bonds. The molecule has 3 heterocycles. The minimum atomic E-state index is -0.0302. The van der Waals surface area contributed by atoms with Crippen molar-refractivity contribution in [1.29, 1.82) is 0 Å². The molecule has 0 N–H and O–H groups in total. The van der Waals surface area contributed by atoms with Crippen LogP contribution in [0.3, 0.4) is 0 Å². The number of anilines is 3. The molecule has 318 valence electrons. The minimum absolute atomic E-state index is 0.0302. The van der Waals surface area contributed by atoms with Crippen LogP contribution in [0.2, 0.25) is 0 Å². The molecule has 2 aliphatic rings. The van der Waals surface area contributed by atoms with Crippen LogP contribution in [-0.4, -0.2) is 23.3 Å². The van der Waals surface area contributed by atoms with E-state index in [1.165, 1.54) is 80.4 Å². The molecule has 5 nitrogen and oxygen atoms in total. The van der Waals surface area contributed by atoms with E-state index in [1.54, 1.807) is 0 Å². The van der Waals surface area contributed by atoms with Crippen molar-refractivity contribution in [1.82, 2.24) is 9.55 Å². The quantitative estimate of drug-likeness (QED) is 0.137. The molecule has 8 aromatic rings. The molecule has 6 aromatic carbocycles. The van der Waals surface area contributed by atoms with Gasteiger partial charge in [-0.15, -0.1) is 0 Å². The monoisotopic (exact) mass is 828 g/mol. The number of fused-ring (bicyclic) bond motifs is 4. The smallest absolute Gasteiger partial charge is 0.137 e. The highest BCUT2D eigenvalue weighted by Crippen LogP contribution is 2.48. The number of nitrogens with zero attached hydrogens (tertiary/aromatic N) is 4. The molecule has 0 saturated heterocycles. The fourth-order valence-electron chi connectivity index (χ4n) is 10.7. The Kier molecular flexibility index (Phi) is 10.6. The minimum Gasteiger partial charge on any atom is -0.457 e. The van der Waals surface area contributed by atoms with E-state index in [-0.39, 0.29) is 5.41 Å². The molecule has 0 radical (unpaired) electrons. The van der Waals surface area contributed by atoms with E-state index >= 15 is 0 Å². The molecule has 5 heteroatoms. The number of pyridine rings is 1. The third-order valence-electron chi connectivity index (χ3n) is 14.0. The van der Waals surface area contributed by atoms with Crippen molar-refractivity contribution in [3.05, 3.63) is 174 Å². The van der Waals surface area contributed by atoms with Crippen LogP contribution in [0, 0.1) is 0 Å². The van der Waals surface area contributed by atoms with E-state index in [9.17, 15) is 0 Å². The Morgan fingerprint density at radius 3 is 1.98 bits per heavy atom. The normalized spacial score (nSPS) is 15.0. The number of aromatic nitrogens is 2. The maximum absolute atomic E-state index is 7.13. The fraction of sp³-hybridized carbons (Fsp3) is 0.293. The highest BCUT2D eigenvalue weighted by molar-refractivity contribution is 6.09. The third kappa shape index (κ3) is 7.26. The summed E-state index contributed by atoms with van der Waals surface area (Å²) in [5.74, 6) is 3.68. The van der Waals surface area contributed by atoms with Crippen LogP contribution in [0.1, 0.15) is 119 Å². The van der Waals surface area contributed by atoms with Gasteiger partial charge in [0.15, 0.2) is 0 Å². The first-order valence-electron chi connectivity index (χ1n) is 23.2. The molecule has 2 aromatic heterocycles. The molecule has 1 saturated carbocycles. The van der Waals surface area contributed by atoms with Gasteiger partial charge in [0, 0.05) is 47.3 Å². The van der Waals surface area contributed by atoms with Crippen molar-refractivity contribution in [2.24, 2.45) is 0 Å². The van der Waals surface area contributed by atoms with Crippen LogP contribution in [0.25, 0.3) is 38.8 Å². The predicted octanol–water partition coefficient (Wildman–Crippen LogP) is 15.8. The zero-order chi connectivity index (χ0) is 43.4. The lowest BCUT2D eigenvalue weighted by atomic mass is 9.65. The molecule has 0 spiro atoms. The number of para-hydroxylation sites is 3. The summed E-state index contributed by atoms with van der Waals surface area (Å²) in [6, 6.07) is 51.6. The first kappa shape index (κ1) is 40.7. The van der Waals surface area contributed by atoms with E-state index in [0.29, 0.717) is 17.8 Å². The van der Waals surface area contributed by atoms with Gasteiger partial charge in [0.2, 0.25) is 0 Å². The standard InChI is InChI=1S/C58H60N4O/c1-38(2)41-32-50(39(3)4)57(51(33-41)40(5)6)42-30-45(61-37-60(7)53-22-14-15-23-54(53)61)35-47(31-42)63-46-24-25-49-48-20-12-13-21-52(48)62(55(49)36-46)56-34-44(26-29-59-56)58(27-16-9-17-28-58)43-18-10-8-11-19-43/h8,10-15,18-26,29-36,38-40H,9,16-17,27-28,37H2,1-7H3. The van der Waals surface area contributed by atoms with E-state index in [4.69, 9.17) is 9.72 Å². The Bertz CT molecular complexity index is 2920. The first-order chi connectivity index (χ1) is 30.6. The van der Waals surface area contributed by atoms with Crippen molar-refractivity contribution in [2.45, 2.75) is 96.8 Å². The summed E-state index contributed by atoms with van der Waals surface area (Å²) in [6.07, 6.45) is 8.06. The van der Waals surface area contributed by atoms with Gasteiger partial charge < -0.3 is 14.5 Å². The fourth-order valence-corrected chi connectivity index (χ4v) is 10.7. The van der Waals surface area contributed by atoms with Crippen molar-refractivity contribution < 1.29 is 4.74 Å². The number of ether oxygens (including phenoxy) is 1.